The topological polar surface area (TPSA) is 46.2 Å². The number of hydrogen-bond acceptors (Lipinski definition) is 2. The average Bonchev–Trinajstić information content (AvgIpc) is 2.61. The van der Waals surface area contributed by atoms with E-state index >= 15 is 0 Å². The zero-order chi connectivity index (χ0) is 17.4. The van der Waals surface area contributed by atoms with E-state index in [-0.39, 0.29) is 29.7 Å². The molecule has 3 atom stereocenters. The minimum atomic E-state index is -0.0189. The fraction of sp³-hybridized carbons (Fsp3) is 0.455. The van der Waals surface area contributed by atoms with Gasteiger partial charge in [-0.15, -0.1) is 0 Å². The van der Waals surface area contributed by atoms with E-state index < -0.39 is 0 Å². The van der Waals surface area contributed by atoms with E-state index in [4.69, 9.17) is 0 Å². The summed E-state index contributed by atoms with van der Waals surface area (Å²) in [5, 5.41) is 5.59. The highest BCUT2D eigenvalue weighted by atomic mass is 16.2. The van der Waals surface area contributed by atoms with Gasteiger partial charge < -0.3 is 5.32 Å². The fourth-order valence-electron chi connectivity index (χ4n) is 4.59. The molecular formula is C22H25NO2. The van der Waals surface area contributed by atoms with Crippen LogP contribution in [0.25, 0.3) is 10.8 Å². The molecule has 2 aliphatic rings. The Bertz CT molecular complexity index is 797. The second-order valence-electron chi connectivity index (χ2n) is 7.73. The van der Waals surface area contributed by atoms with Crippen molar-refractivity contribution < 1.29 is 9.59 Å². The van der Waals surface area contributed by atoms with E-state index in [9.17, 15) is 9.59 Å². The molecule has 3 nitrogen and oxygen atoms in total. The molecule has 2 aromatic rings. The van der Waals surface area contributed by atoms with Crippen LogP contribution < -0.4 is 5.32 Å². The molecule has 0 aliphatic heterocycles. The summed E-state index contributed by atoms with van der Waals surface area (Å²) >= 11 is 0. The number of carbonyl (C=O) groups excluding carboxylic acids is 2. The summed E-state index contributed by atoms with van der Waals surface area (Å²) in [6.45, 7) is 2.04. The number of ketones is 1. The molecule has 4 rings (SSSR count). The predicted molar refractivity (Wildman–Crippen MR) is 99.1 cm³/mol. The van der Waals surface area contributed by atoms with Crippen LogP contribution in [0.15, 0.2) is 42.5 Å². The molecule has 2 aliphatic carbocycles. The smallest absolute Gasteiger partial charge is 0.223 e. The van der Waals surface area contributed by atoms with Crippen molar-refractivity contribution in [3.05, 3.63) is 48.0 Å². The standard InChI is InChI=1S/C22H25NO2/c1-14(16-10-9-15-5-2-3-6-17(15)11-16)23-22(25)20-12-18-7-4-8-19(13-20)21(18)24/h2-3,5-6,9-11,14,18-20H,4,7-8,12-13H2,1H3,(H,23,25). The van der Waals surface area contributed by atoms with Gasteiger partial charge in [0.05, 0.1) is 6.04 Å². The molecule has 0 heterocycles. The Labute approximate surface area is 148 Å². The number of amides is 1. The average molecular weight is 335 g/mol. The maximum absolute atomic E-state index is 12.8. The van der Waals surface area contributed by atoms with Gasteiger partial charge in [-0.2, -0.15) is 0 Å². The molecule has 1 N–H and O–H groups in total. The highest BCUT2D eigenvalue weighted by Crippen LogP contribution is 2.40. The first-order valence-corrected chi connectivity index (χ1v) is 9.44. The van der Waals surface area contributed by atoms with Gasteiger partial charge in [0.15, 0.2) is 0 Å². The summed E-state index contributed by atoms with van der Waals surface area (Å²) in [6.07, 6.45) is 4.57. The molecule has 130 valence electrons. The molecule has 3 unspecified atom stereocenters. The highest BCUT2D eigenvalue weighted by molar-refractivity contribution is 5.88. The molecule has 0 radical (unpaired) electrons. The van der Waals surface area contributed by atoms with Crippen LogP contribution in [0.5, 0.6) is 0 Å². The monoisotopic (exact) mass is 335 g/mol. The molecule has 2 saturated carbocycles. The van der Waals surface area contributed by atoms with Crippen LogP contribution >= 0.6 is 0 Å². The number of Topliss-reactive ketones (excluding diaryl/α,β-unsaturated/α-hetero) is 1. The first kappa shape index (κ1) is 16.3. The third-order valence-corrected chi connectivity index (χ3v) is 6.05. The van der Waals surface area contributed by atoms with Gasteiger partial charge in [-0.1, -0.05) is 42.8 Å². The molecular weight excluding hydrogens is 310 g/mol. The van der Waals surface area contributed by atoms with E-state index in [0.717, 1.165) is 37.7 Å². The SMILES string of the molecule is CC(NC(=O)C1CC2CCCC(C1)C2=O)c1ccc2ccccc2c1. The van der Waals surface area contributed by atoms with Gasteiger partial charge in [-0.25, -0.2) is 0 Å². The van der Waals surface area contributed by atoms with Crippen molar-refractivity contribution in [2.24, 2.45) is 17.8 Å². The van der Waals surface area contributed by atoms with Gasteiger partial charge in [-0.05, 0) is 55.0 Å². The van der Waals surface area contributed by atoms with Crippen LogP contribution in [0.4, 0.5) is 0 Å². The van der Waals surface area contributed by atoms with E-state index in [1.165, 1.54) is 10.8 Å². The lowest BCUT2D eigenvalue weighted by Crippen LogP contribution is -2.43. The van der Waals surface area contributed by atoms with Crippen LogP contribution in [0, 0.1) is 17.8 Å². The Hall–Kier alpha value is -2.16. The normalized spacial score (nSPS) is 27.1. The van der Waals surface area contributed by atoms with E-state index in [1.807, 2.05) is 19.1 Å². The molecule has 0 saturated heterocycles. The van der Waals surface area contributed by atoms with Crippen molar-refractivity contribution in [2.75, 3.05) is 0 Å². The lowest BCUT2D eigenvalue weighted by atomic mass is 9.67. The van der Waals surface area contributed by atoms with Gasteiger partial charge in [0.2, 0.25) is 5.91 Å². The molecule has 2 aromatic carbocycles. The molecule has 2 bridgehead atoms. The molecule has 25 heavy (non-hydrogen) atoms. The van der Waals surface area contributed by atoms with E-state index in [2.05, 4.69) is 35.6 Å². The van der Waals surface area contributed by atoms with Crippen molar-refractivity contribution in [3.63, 3.8) is 0 Å². The van der Waals surface area contributed by atoms with Gasteiger partial charge >= 0.3 is 0 Å². The lowest BCUT2D eigenvalue weighted by molar-refractivity contribution is -0.137. The highest BCUT2D eigenvalue weighted by Gasteiger charge is 2.41. The van der Waals surface area contributed by atoms with Crippen LogP contribution in [0.1, 0.15) is 50.6 Å². The number of fused-ring (bicyclic) bond motifs is 3. The van der Waals surface area contributed by atoms with Gasteiger partial charge in [-0.3, -0.25) is 9.59 Å². The summed E-state index contributed by atoms with van der Waals surface area (Å²) in [5.41, 5.74) is 1.12. The fourth-order valence-corrected chi connectivity index (χ4v) is 4.59. The second kappa shape index (κ2) is 6.62. The molecule has 0 aromatic heterocycles. The zero-order valence-electron chi connectivity index (χ0n) is 14.7. The van der Waals surface area contributed by atoms with Crippen molar-refractivity contribution in [1.82, 2.24) is 5.32 Å². The van der Waals surface area contributed by atoms with E-state index in [0.29, 0.717) is 5.78 Å². The predicted octanol–water partition coefficient (Wildman–Crippen LogP) is 4.41. The van der Waals surface area contributed by atoms with Crippen molar-refractivity contribution in [2.45, 2.75) is 45.1 Å². The summed E-state index contributed by atoms with van der Waals surface area (Å²) < 4.78 is 0. The molecule has 3 heteroatoms. The third kappa shape index (κ3) is 3.20. The molecule has 1 amide bonds. The first-order chi connectivity index (χ1) is 12.1. The summed E-state index contributed by atoms with van der Waals surface area (Å²) in [7, 11) is 0. The van der Waals surface area contributed by atoms with E-state index in [1.54, 1.807) is 0 Å². The van der Waals surface area contributed by atoms with Crippen molar-refractivity contribution in [1.29, 1.82) is 0 Å². The van der Waals surface area contributed by atoms with Crippen molar-refractivity contribution in [3.8, 4) is 0 Å². The van der Waals surface area contributed by atoms with Gasteiger partial charge in [0, 0.05) is 17.8 Å². The zero-order valence-corrected chi connectivity index (χ0v) is 14.7. The van der Waals surface area contributed by atoms with Gasteiger partial charge in [0.1, 0.15) is 5.78 Å². The second-order valence-corrected chi connectivity index (χ2v) is 7.73. The molecule has 0 spiro atoms. The Balaban J connectivity index is 1.45. The number of rotatable bonds is 3. The Morgan fingerprint density at radius 1 is 1.04 bits per heavy atom. The number of nitrogens with one attached hydrogen (secondary N) is 1. The number of benzene rings is 2. The van der Waals surface area contributed by atoms with Crippen LogP contribution in [0.2, 0.25) is 0 Å². The summed E-state index contributed by atoms with van der Waals surface area (Å²) in [5.74, 6) is 0.775. The van der Waals surface area contributed by atoms with Crippen LogP contribution in [-0.2, 0) is 9.59 Å². The van der Waals surface area contributed by atoms with Gasteiger partial charge in [0.25, 0.3) is 0 Å². The number of hydrogen-bond donors (Lipinski definition) is 1. The maximum Gasteiger partial charge on any atom is 0.223 e. The van der Waals surface area contributed by atoms with Crippen LogP contribution in [-0.4, -0.2) is 11.7 Å². The minimum Gasteiger partial charge on any atom is -0.349 e. The minimum absolute atomic E-state index is 0.00379. The number of carbonyl (C=O) groups is 2. The summed E-state index contributed by atoms with van der Waals surface area (Å²) in [6, 6.07) is 14.6. The summed E-state index contributed by atoms with van der Waals surface area (Å²) in [4.78, 5) is 25.0. The Morgan fingerprint density at radius 3 is 2.44 bits per heavy atom. The molecule has 2 fully saturated rings. The van der Waals surface area contributed by atoms with Crippen molar-refractivity contribution >= 4 is 22.5 Å². The lowest BCUT2D eigenvalue weighted by Gasteiger charge is -2.37. The maximum atomic E-state index is 12.8. The largest absolute Gasteiger partial charge is 0.349 e. The first-order valence-electron chi connectivity index (χ1n) is 9.44. The Morgan fingerprint density at radius 2 is 1.72 bits per heavy atom. The quantitative estimate of drug-likeness (QED) is 0.903. The Kier molecular flexibility index (Phi) is 4.32. The van der Waals surface area contributed by atoms with Crippen LogP contribution in [0.3, 0.4) is 0 Å². The third-order valence-electron chi connectivity index (χ3n) is 6.05.